The third-order valence-corrected chi connectivity index (χ3v) is 5.55. The van der Waals surface area contributed by atoms with Crippen molar-refractivity contribution in [2.45, 2.75) is 63.5 Å². The Kier molecular flexibility index (Phi) is 4.34. The van der Waals surface area contributed by atoms with E-state index >= 15 is 0 Å². The van der Waals surface area contributed by atoms with E-state index in [2.05, 4.69) is 11.4 Å². The number of ether oxygens (including phenoxy) is 1. The average molecular weight is 291 g/mol. The second-order valence-corrected chi connectivity index (χ2v) is 6.75. The normalized spacial score (nSPS) is 31.9. The third kappa shape index (κ3) is 3.01. The molecule has 1 aliphatic heterocycles. The number of rotatable bonds is 1. The summed E-state index contributed by atoms with van der Waals surface area (Å²) in [7, 11) is 0. The molecule has 0 aromatic carbocycles. The van der Waals surface area contributed by atoms with Crippen LogP contribution in [0.15, 0.2) is 0 Å². The van der Waals surface area contributed by atoms with Gasteiger partial charge in [0.2, 0.25) is 0 Å². The standard InChI is InChI=1S/C16H25N3O2/c17-11-13-12-19(9-10-21-13)15(20)18-14-5-4-8-16(14)6-2-1-3-7-16/h13-14H,1-10,12H2,(H,18,20). The first-order chi connectivity index (χ1) is 10.2. The molecule has 21 heavy (non-hydrogen) atoms. The molecule has 1 saturated heterocycles. The third-order valence-electron chi connectivity index (χ3n) is 5.55. The lowest BCUT2D eigenvalue weighted by molar-refractivity contribution is 0.0140. The molecule has 0 aromatic heterocycles. The molecule has 2 atom stereocenters. The fourth-order valence-electron chi connectivity index (χ4n) is 4.37. The SMILES string of the molecule is N#CC1CN(C(=O)NC2CCCC23CCCCC3)CCO1. The van der Waals surface area contributed by atoms with Crippen molar-refractivity contribution in [3.05, 3.63) is 0 Å². The lowest BCUT2D eigenvalue weighted by atomic mass is 9.70. The number of amides is 2. The quantitative estimate of drug-likeness (QED) is 0.807. The van der Waals surface area contributed by atoms with Crippen molar-refractivity contribution < 1.29 is 9.53 Å². The maximum Gasteiger partial charge on any atom is 0.317 e. The first kappa shape index (κ1) is 14.6. The summed E-state index contributed by atoms with van der Waals surface area (Å²) in [6.45, 7) is 1.44. The maximum atomic E-state index is 12.5. The number of nitriles is 1. The lowest BCUT2D eigenvalue weighted by Gasteiger charge is -2.40. The summed E-state index contributed by atoms with van der Waals surface area (Å²) < 4.78 is 5.30. The summed E-state index contributed by atoms with van der Waals surface area (Å²) in [5, 5.41) is 12.2. The Hall–Kier alpha value is -1.28. The van der Waals surface area contributed by atoms with Crippen molar-refractivity contribution in [3.63, 3.8) is 0 Å². The molecule has 1 N–H and O–H groups in total. The Morgan fingerprint density at radius 3 is 2.76 bits per heavy atom. The largest absolute Gasteiger partial charge is 0.360 e. The van der Waals surface area contributed by atoms with E-state index in [1.165, 1.54) is 44.9 Å². The number of nitrogens with one attached hydrogen (secondary N) is 1. The van der Waals surface area contributed by atoms with Gasteiger partial charge in [0.05, 0.1) is 19.2 Å². The minimum atomic E-state index is -0.475. The highest BCUT2D eigenvalue weighted by molar-refractivity contribution is 5.75. The molecule has 1 heterocycles. The molecule has 2 saturated carbocycles. The van der Waals surface area contributed by atoms with Crippen LogP contribution in [0.4, 0.5) is 4.79 Å². The zero-order valence-electron chi connectivity index (χ0n) is 12.6. The van der Waals surface area contributed by atoms with Gasteiger partial charge in [0.1, 0.15) is 0 Å². The Morgan fingerprint density at radius 2 is 2.00 bits per heavy atom. The number of carbonyl (C=O) groups excluding carboxylic acids is 1. The highest BCUT2D eigenvalue weighted by Gasteiger charge is 2.44. The molecular weight excluding hydrogens is 266 g/mol. The van der Waals surface area contributed by atoms with E-state index in [0.29, 0.717) is 31.2 Å². The fourth-order valence-corrected chi connectivity index (χ4v) is 4.37. The molecule has 2 unspecified atom stereocenters. The van der Waals surface area contributed by atoms with Crippen LogP contribution in [0.2, 0.25) is 0 Å². The number of carbonyl (C=O) groups is 1. The van der Waals surface area contributed by atoms with Crippen LogP contribution in [0.1, 0.15) is 51.4 Å². The first-order valence-electron chi connectivity index (χ1n) is 8.30. The maximum absolute atomic E-state index is 12.5. The number of hydrogen-bond acceptors (Lipinski definition) is 3. The molecular formula is C16H25N3O2. The van der Waals surface area contributed by atoms with E-state index in [1.807, 2.05) is 0 Å². The summed E-state index contributed by atoms with van der Waals surface area (Å²) in [4.78, 5) is 14.2. The van der Waals surface area contributed by atoms with Crippen molar-refractivity contribution in [1.29, 1.82) is 5.26 Å². The van der Waals surface area contributed by atoms with Gasteiger partial charge in [0.25, 0.3) is 0 Å². The Labute approximate surface area is 126 Å². The van der Waals surface area contributed by atoms with Gasteiger partial charge in [-0.05, 0) is 31.1 Å². The predicted molar refractivity (Wildman–Crippen MR) is 78.6 cm³/mol. The molecule has 2 aliphatic carbocycles. The van der Waals surface area contributed by atoms with Gasteiger partial charge >= 0.3 is 6.03 Å². The van der Waals surface area contributed by atoms with Gasteiger partial charge in [-0.25, -0.2) is 4.79 Å². The summed E-state index contributed by atoms with van der Waals surface area (Å²) in [5.41, 5.74) is 0.356. The number of morpholine rings is 1. The smallest absolute Gasteiger partial charge is 0.317 e. The van der Waals surface area contributed by atoms with Crippen molar-refractivity contribution in [3.8, 4) is 6.07 Å². The summed E-state index contributed by atoms with van der Waals surface area (Å²) in [6, 6.07) is 2.42. The fraction of sp³-hybridized carbons (Fsp3) is 0.875. The highest BCUT2D eigenvalue weighted by atomic mass is 16.5. The van der Waals surface area contributed by atoms with Gasteiger partial charge in [-0.15, -0.1) is 0 Å². The number of hydrogen-bond donors (Lipinski definition) is 1. The van der Waals surface area contributed by atoms with E-state index in [9.17, 15) is 4.79 Å². The summed E-state index contributed by atoms with van der Waals surface area (Å²) in [5.74, 6) is 0. The first-order valence-corrected chi connectivity index (χ1v) is 8.30. The Bertz CT molecular complexity index is 426. The van der Waals surface area contributed by atoms with E-state index < -0.39 is 6.10 Å². The second kappa shape index (κ2) is 6.23. The van der Waals surface area contributed by atoms with E-state index in [0.717, 1.165) is 6.42 Å². The van der Waals surface area contributed by atoms with Gasteiger partial charge < -0.3 is 15.0 Å². The van der Waals surface area contributed by atoms with Gasteiger partial charge in [-0.1, -0.05) is 25.7 Å². The van der Waals surface area contributed by atoms with E-state index in [-0.39, 0.29) is 6.03 Å². The Balaban J connectivity index is 1.60. The molecule has 3 fully saturated rings. The zero-order valence-corrected chi connectivity index (χ0v) is 12.6. The van der Waals surface area contributed by atoms with Crippen LogP contribution >= 0.6 is 0 Å². The van der Waals surface area contributed by atoms with Crippen LogP contribution in [0.3, 0.4) is 0 Å². The minimum absolute atomic E-state index is 0.00426. The van der Waals surface area contributed by atoms with Gasteiger partial charge in [0, 0.05) is 12.6 Å². The monoisotopic (exact) mass is 291 g/mol. The lowest BCUT2D eigenvalue weighted by Crippen LogP contribution is -2.54. The van der Waals surface area contributed by atoms with Crippen LogP contribution < -0.4 is 5.32 Å². The van der Waals surface area contributed by atoms with Crippen molar-refractivity contribution in [2.24, 2.45) is 5.41 Å². The molecule has 0 aromatic rings. The molecule has 3 rings (SSSR count). The van der Waals surface area contributed by atoms with Crippen LogP contribution in [-0.4, -0.2) is 42.8 Å². The summed E-state index contributed by atoms with van der Waals surface area (Å²) >= 11 is 0. The number of nitrogens with zero attached hydrogens (tertiary/aromatic N) is 2. The molecule has 5 nitrogen and oxygen atoms in total. The molecule has 0 radical (unpaired) electrons. The van der Waals surface area contributed by atoms with E-state index in [4.69, 9.17) is 10.00 Å². The molecule has 0 bridgehead atoms. The number of urea groups is 1. The van der Waals surface area contributed by atoms with Crippen LogP contribution in [-0.2, 0) is 4.74 Å². The van der Waals surface area contributed by atoms with Gasteiger partial charge in [0.15, 0.2) is 6.10 Å². The van der Waals surface area contributed by atoms with Crippen LogP contribution in [0.25, 0.3) is 0 Å². The topological polar surface area (TPSA) is 65.4 Å². The molecule has 5 heteroatoms. The van der Waals surface area contributed by atoms with E-state index in [1.54, 1.807) is 4.90 Å². The van der Waals surface area contributed by atoms with Gasteiger partial charge in [-0.3, -0.25) is 0 Å². The second-order valence-electron chi connectivity index (χ2n) is 6.75. The van der Waals surface area contributed by atoms with Crippen molar-refractivity contribution in [1.82, 2.24) is 10.2 Å². The average Bonchev–Trinajstić information content (AvgIpc) is 2.90. The summed E-state index contributed by atoms with van der Waals surface area (Å²) in [6.07, 6.45) is 9.62. The highest BCUT2D eigenvalue weighted by Crippen LogP contribution is 2.49. The van der Waals surface area contributed by atoms with Crippen LogP contribution in [0, 0.1) is 16.7 Å². The predicted octanol–water partition coefficient (Wildman–Crippen LogP) is 2.42. The Morgan fingerprint density at radius 1 is 1.24 bits per heavy atom. The van der Waals surface area contributed by atoms with Crippen LogP contribution in [0.5, 0.6) is 0 Å². The molecule has 2 amide bonds. The van der Waals surface area contributed by atoms with Gasteiger partial charge in [-0.2, -0.15) is 5.26 Å². The minimum Gasteiger partial charge on any atom is -0.360 e. The molecule has 116 valence electrons. The molecule has 3 aliphatic rings. The zero-order chi connectivity index (χ0) is 14.7. The van der Waals surface area contributed by atoms with Crippen molar-refractivity contribution >= 4 is 6.03 Å². The van der Waals surface area contributed by atoms with Crippen molar-refractivity contribution in [2.75, 3.05) is 19.7 Å². The molecule has 1 spiro atoms.